The van der Waals surface area contributed by atoms with Gasteiger partial charge in [0.25, 0.3) is 5.56 Å². The number of nitrogens with zero attached hydrogens (tertiary/aromatic N) is 2. The maximum atomic E-state index is 11.4. The van der Waals surface area contributed by atoms with Crippen LogP contribution in [0.15, 0.2) is 29.2 Å². The molecule has 0 bridgehead atoms. The fraction of sp³-hybridized carbons (Fsp3) is 0.615. The summed E-state index contributed by atoms with van der Waals surface area (Å²) in [6.45, 7) is 7.31. The lowest BCUT2D eigenvalue weighted by atomic mass is 10.4. The molecule has 1 aromatic heterocycles. The second kappa shape index (κ2) is 7.31. The van der Waals surface area contributed by atoms with E-state index in [-0.39, 0.29) is 5.56 Å². The molecule has 1 aliphatic rings. The molecular weight excluding hydrogens is 230 g/mol. The van der Waals surface area contributed by atoms with Gasteiger partial charge in [0.2, 0.25) is 0 Å². The molecular formula is C13H21N3O2. The number of rotatable bonds is 6. The zero-order valence-corrected chi connectivity index (χ0v) is 10.7. The van der Waals surface area contributed by atoms with E-state index in [1.54, 1.807) is 16.7 Å². The summed E-state index contributed by atoms with van der Waals surface area (Å²) in [7, 11) is 0. The average molecular weight is 251 g/mol. The van der Waals surface area contributed by atoms with Crippen LogP contribution in [0, 0.1) is 0 Å². The minimum Gasteiger partial charge on any atom is -0.379 e. The summed E-state index contributed by atoms with van der Waals surface area (Å²) >= 11 is 0. The van der Waals surface area contributed by atoms with E-state index in [0.29, 0.717) is 0 Å². The van der Waals surface area contributed by atoms with Crippen molar-refractivity contribution < 1.29 is 4.74 Å². The van der Waals surface area contributed by atoms with Crippen LogP contribution in [0.3, 0.4) is 0 Å². The Kier molecular flexibility index (Phi) is 5.38. The van der Waals surface area contributed by atoms with Gasteiger partial charge in [0, 0.05) is 51.5 Å². The standard InChI is InChI=1S/C13H21N3O2/c17-13-3-1-2-6-16(13)8-5-14-4-7-15-9-11-18-12-10-15/h1-3,6,14H,4-5,7-12H2. The fourth-order valence-corrected chi connectivity index (χ4v) is 2.03. The Bertz CT molecular complexity index is 399. The van der Waals surface area contributed by atoms with E-state index in [4.69, 9.17) is 4.74 Å². The van der Waals surface area contributed by atoms with Gasteiger partial charge in [0.05, 0.1) is 13.2 Å². The van der Waals surface area contributed by atoms with Gasteiger partial charge in [-0.15, -0.1) is 0 Å². The van der Waals surface area contributed by atoms with Gasteiger partial charge in [-0.05, 0) is 6.07 Å². The summed E-state index contributed by atoms with van der Waals surface area (Å²) in [5, 5.41) is 3.37. The predicted molar refractivity (Wildman–Crippen MR) is 70.8 cm³/mol. The summed E-state index contributed by atoms with van der Waals surface area (Å²) in [5.41, 5.74) is 0.0625. The maximum absolute atomic E-state index is 11.4. The molecule has 18 heavy (non-hydrogen) atoms. The second-order valence-corrected chi connectivity index (χ2v) is 4.44. The van der Waals surface area contributed by atoms with Crippen molar-refractivity contribution in [3.8, 4) is 0 Å². The molecule has 1 aromatic rings. The van der Waals surface area contributed by atoms with Gasteiger partial charge >= 0.3 is 0 Å². The fourth-order valence-electron chi connectivity index (χ4n) is 2.03. The Morgan fingerprint density at radius 3 is 2.72 bits per heavy atom. The van der Waals surface area contributed by atoms with Crippen molar-refractivity contribution in [3.63, 3.8) is 0 Å². The van der Waals surface area contributed by atoms with Crippen molar-refractivity contribution in [2.45, 2.75) is 6.54 Å². The quantitative estimate of drug-likeness (QED) is 0.710. The maximum Gasteiger partial charge on any atom is 0.250 e. The van der Waals surface area contributed by atoms with Gasteiger partial charge in [0.15, 0.2) is 0 Å². The molecule has 1 aliphatic heterocycles. The highest BCUT2D eigenvalue weighted by atomic mass is 16.5. The number of nitrogens with one attached hydrogen (secondary N) is 1. The zero-order chi connectivity index (χ0) is 12.6. The van der Waals surface area contributed by atoms with E-state index >= 15 is 0 Å². The van der Waals surface area contributed by atoms with Crippen molar-refractivity contribution in [2.75, 3.05) is 45.9 Å². The van der Waals surface area contributed by atoms with Gasteiger partial charge in [-0.25, -0.2) is 0 Å². The highest BCUT2D eigenvalue weighted by Crippen LogP contribution is 1.94. The average Bonchev–Trinajstić information content (AvgIpc) is 2.42. The van der Waals surface area contributed by atoms with E-state index < -0.39 is 0 Å². The van der Waals surface area contributed by atoms with Gasteiger partial charge in [0.1, 0.15) is 0 Å². The van der Waals surface area contributed by atoms with Crippen molar-refractivity contribution in [3.05, 3.63) is 34.7 Å². The highest BCUT2D eigenvalue weighted by molar-refractivity contribution is 4.93. The number of pyridine rings is 1. The molecule has 2 rings (SSSR count). The Morgan fingerprint density at radius 1 is 1.17 bits per heavy atom. The van der Waals surface area contributed by atoms with Crippen LogP contribution in [-0.4, -0.2) is 55.4 Å². The minimum absolute atomic E-state index is 0.0625. The van der Waals surface area contributed by atoms with E-state index in [0.717, 1.165) is 52.5 Å². The molecule has 1 N–H and O–H groups in total. The van der Waals surface area contributed by atoms with E-state index in [9.17, 15) is 4.79 Å². The molecule has 1 fully saturated rings. The first-order valence-electron chi connectivity index (χ1n) is 6.52. The Hall–Kier alpha value is -1.17. The molecule has 0 unspecified atom stereocenters. The topological polar surface area (TPSA) is 46.5 Å². The molecule has 100 valence electrons. The first-order valence-corrected chi connectivity index (χ1v) is 6.52. The van der Waals surface area contributed by atoms with Crippen molar-refractivity contribution in [1.29, 1.82) is 0 Å². The normalized spacial score (nSPS) is 16.9. The Balaban J connectivity index is 1.58. The molecule has 1 saturated heterocycles. The number of aromatic nitrogens is 1. The SMILES string of the molecule is O=c1ccccn1CCNCCN1CCOCC1. The first-order chi connectivity index (χ1) is 8.86. The molecule has 0 atom stereocenters. The molecule has 5 heteroatoms. The Morgan fingerprint density at radius 2 is 1.94 bits per heavy atom. The second-order valence-electron chi connectivity index (χ2n) is 4.44. The Labute approximate surface area is 107 Å². The van der Waals surface area contributed by atoms with Gasteiger partial charge in [-0.2, -0.15) is 0 Å². The van der Waals surface area contributed by atoms with Crippen LogP contribution in [0.2, 0.25) is 0 Å². The van der Waals surface area contributed by atoms with Crippen molar-refractivity contribution in [2.24, 2.45) is 0 Å². The van der Waals surface area contributed by atoms with Crippen LogP contribution >= 0.6 is 0 Å². The summed E-state index contributed by atoms with van der Waals surface area (Å²) in [5.74, 6) is 0. The largest absolute Gasteiger partial charge is 0.379 e. The lowest BCUT2D eigenvalue weighted by molar-refractivity contribution is 0.0384. The monoisotopic (exact) mass is 251 g/mol. The third-order valence-electron chi connectivity index (χ3n) is 3.14. The van der Waals surface area contributed by atoms with Gasteiger partial charge < -0.3 is 14.6 Å². The molecule has 2 heterocycles. The zero-order valence-electron chi connectivity index (χ0n) is 10.7. The third kappa shape index (κ3) is 4.25. The highest BCUT2D eigenvalue weighted by Gasteiger charge is 2.08. The summed E-state index contributed by atoms with van der Waals surface area (Å²) in [6.07, 6.45) is 1.83. The molecule has 0 aliphatic carbocycles. The first kappa shape index (κ1) is 13.3. The van der Waals surface area contributed by atoms with Crippen LogP contribution in [-0.2, 0) is 11.3 Å². The lowest BCUT2D eigenvalue weighted by Gasteiger charge is -2.26. The summed E-state index contributed by atoms with van der Waals surface area (Å²) in [4.78, 5) is 13.8. The molecule has 0 amide bonds. The van der Waals surface area contributed by atoms with Crippen molar-refractivity contribution >= 4 is 0 Å². The molecule has 0 aromatic carbocycles. The molecule has 5 nitrogen and oxygen atoms in total. The summed E-state index contributed by atoms with van der Waals surface area (Å²) < 4.78 is 7.02. The van der Waals surface area contributed by atoms with Gasteiger partial charge in [-0.1, -0.05) is 6.07 Å². The minimum atomic E-state index is 0.0625. The smallest absolute Gasteiger partial charge is 0.250 e. The molecule has 0 saturated carbocycles. The van der Waals surface area contributed by atoms with Crippen LogP contribution in [0.25, 0.3) is 0 Å². The third-order valence-corrected chi connectivity index (χ3v) is 3.14. The number of hydrogen-bond donors (Lipinski definition) is 1. The summed E-state index contributed by atoms with van der Waals surface area (Å²) in [6, 6.07) is 5.24. The van der Waals surface area contributed by atoms with Crippen molar-refractivity contribution in [1.82, 2.24) is 14.8 Å². The van der Waals surface area contributed by atoms with Gasteiger partial charge in [-0.3, -0.25) is 9.69 Å². The number of hydrogen-bond acceptors (Lipinski definition) is 4. The van der Waals surface area contributed by atoms with Crippen LogP contribution in [0.1, 0.15) is 0 Å². The lowest BCUT2D eigenvalue weighted by Crippen LogP contribution is -2.40. The molecule has 0 radical (unpaired) electrons. The molecule has 0 spiro atoms. The van der Waals surface area contributed by atoms with E-state index in [2.05, 4.69) is 10.2 Å². The van der Waals surface area contributed by atoms with E-state index in [1.165, 1.54) is 0 Å². The van der Waals surface area contributed by atoms with Crippen LogP contribution in [0.5, 0.6) is 0 Å². The van der Waals surface area contributed by atoms with E-state index in [1.807, 2.05) is 12.3 Å². The van der Waals surface area contributed by atoms with Crippen LogP contribution < -0.4 is 10.9 Å². The number of morpholine rings is 1. The number of ether oxygens (including phenoxy) is 1. The predicted octanol–water partition coefficient (Wildman–Crippen LogP) is -0.230. The van der Waals surface area contributed by atoms with Crippen LogP contribution in [0.4, 0.5) is 0 Å².